The second-order valence-corrected chi connectivity index (χ2v) is 8.25. The van der Waals surface area contributed by atoms with E-state index in [9.17, 15) is 4.79 Å². The summed E-state index contributed by atoms with van der Waals surface area (Å²) in [6, 6.07) is 23.2. The molecule has 1 saturated carbocycles. The van der Waals surface area contributed by atoms with Crippen LogP contribution in [0.1, 0.15) is 46.5 Å². The molecular formula is C23H25N2OS+. The van der Waals surface area contributed by atoms with Crippen LogP contribution < -0.4 is 10.6 Å². The summed E-state index contributed by atoms with van der Waals surface area (Å²) >= 11 is 1.74. The highest BCUT2D eigenvalue weighted by Gasteiger charge is 2.33. The van der Waals surface area contributed by atoms with Gasteiger partial charge in [-0.1, -0.05) is 66.2 Å². The van der Waals surface area contributed by atoms with E-state index in [0.29, 0.717) is 6.04 Å². The quantitative estimate of drug-likeness (QED) is 0.647. The van der Waals surface area contributed by atoms with Crippen molar-refractivity contribution in [3.8, 4) is 0 Å². The highest BCUT2D eigenvalue weighted by molar-refractivity contribution is 7.10. The van der Waals surface area contributed by atoms with E-state index in [1.165, 1.54) is 16.0 Å². The third kappa shape index (κ3) is 4.46. The molecule has 1 aliphatic rings. The van der Waals surface area contributed by atoms with Gasteiger partial charge in [0.25, 0.3) is 5.91 Å². The number of nitrogens with one attached hydrogen (secondary N) is 1. The summed E-state index contributed by atoms with van der Waals surface area (Å²) < 4.78 is 0. The Kier molecular flexibility index (Phi) is 5.37. The number of hydrogen-bond donors (Lipinski definition) is 2. The summed E-state index contributed by atoms with van der Waals surface area (Å²) in [4.78, 5) is 14.3. The molecule has 0 radical (unpaired) electrons. The van der Waals surface area contributed by atoms with Gasteiger partial charge in [0.05, 0.1) is 4.88 Å². The maximum absolute atomic E-state index is 13.0. The van der Waals surface area contributed by atoms with Gasteiger partial charge in [0.1, 0.15) is 6.04 Å². The predicted molar refractivity (Wildman–Crippen MR) is 110 cm³/mol. The first-order chi connectivity index (χ1) is 13.2. The molecule has 4 rings (SSSR count). The van der Waals surface area contributed by atoms with E-state index in [2.05, 4.69) is 59.3 Å². The van der Waals surface area contributed by atoms with Crippen molar-refractivity contribution in [2.75, 3.05) is 0 Å². The van der Waals surface area contributed by atoms with E-state index in [1.54, 1.807) is 11.3 Å². The highest BCUT2D eigenvalue weighted by atomic mass is 32.1. The van der Waals surface area contributed by atoms with Crippen LogP contribution in [-0.2, 0) is 4.79 Å². The number of hydrogen-bond acceptors (Lipinski definition) is 2. The van der Waals surface area contributed by atoms with Crippen molar-refractivity contribution in [3.63, 3.8) is 0 Å². The maximum Gasteiger partial charge on any atom is 0.283 e. The number of carbonyl (C=O) groups excluding carboxylic acids is 1. The molecule has 1 heterocycles. The van der Waals surface area contributed by atoms with Crippen LogP contribution in [0, 0.1) is 6.92 Å². The van der Waals surface area contributed by atoms with Gasteiger partial charge >= 0.3 is 0 Å². The van der Waals surface area contributed by atoms with Crippen LogP contribution in [0.25, 0.3) is 0 Å². The second kappa shape index (κ2) is 8.07. The Balaban J connectivity index is 1.66. The maximum atomic E-state index is 13.0. The van der Waals surface area contributed by atoms with Crippen LogP contribution in [0.15, 0.2) is 72.1 Å². The molecule has 0 saturated heterocycles. The fourth-order valence-electron chi connectivity index (χ4n) is 3.33. The van der Waals surface area contributed by atoms with Gasteiger partial charge in [-0.25, -0.2) is 0 Å². The summed E-state index contributed by atoms with van der Waals surface area (Å²) in [5.41, 5.74) is 3.52. The monoisotopic (exact) mass is 377 g/mol. The molecule has 2 aromatic carbocycles. The van der Waals surface area contributed by atoms with Crippen LogP contribution in [0.3, 0.4) is 0 Å². The molecule has 1 aromatic heterocycles. The molecule has 0 aliphatic heterocycles. The molecule has 3 nitrogen and oxygen atoms in total. The first kappa shape index (κ1) is 18.0. The lowest BCUT2D eigenvalue weighted by Crippen LogP contribution is -2.88. The van der Waals surface area contributed by atoms with Crippen molar-refractivity contribution in [1.29, 1.82) is 0 Å². The number of quaternary nitrogens is 1. The third-order valence-electron chi connectivity index (χ3n) is 5.04. The zero-order valence-corrected chi connectivity index (χ0v) is 16.3. The summed E-state index contributed by atoms with van der Waals surface area (Å²) in [5.74, 6) is 0.109. The van der Waals surface area contributed by atoms with Crippen LogP contribution in [0.2, 0.25) is 0 Å². The van der Waals surface area contributed by atoms with Crippen molar-refractivity contribution >= 4 is 17.2 Å². The average molecular weight is 378 g/mol. The van der Waals surface area contributed by atoms with Crippen molar-refractivity contribution in [3.05, 3.63) is 93.7 Å². The van der Waals surface area contributed by atoms with Crippen LogP contribution >= 0.6 is 11.3 Å². The molecule has 0 unspecified atom stereocenters. The molecule has 4 heteroatoms. The fraction of sp³-hybridized carbons (Fsp3) is 0.261. The number of nitrogens with two attached hydrogens (primary N) is 1. The molecule has 3 aromatic rings. The summed E-state index contributed by atoms with van der Waals surface area (Å²) in [7, 11) is 0. The number of carbonyl (C=O) groups is 1. The summed E-state index contributed by atoms with van der Waals surface area (Å²) in [6.45, 7) is 2.10. The number of thiophene rings is 1. The molecule has 138 valence electrons. The van der Waals surface area contributed by atoms with Gasteiger partial charge in [-0.3, -0.25) is 4.79 Å². The Hall–Kier alpha value is -2.43. The Morgan fingerprint density at radius 2 is 1.74 bits per heavy atom. The second-order valence-electron chi connectivity index (χ2n) is 7.27. The van der Waals surface area contributed by atoms with Crippen LogP contribution in [0.5, 0.6) is 0 Å². The van der Waals surface area contributed by atoms with Gasteiger partial charge in [0.15, 0.2) is 6.04 Å². The molecule has 1 aliphatic carbocycles. The fourth-order valence-corrected chi connectivity index (χ4v) is 4.17. The number of amides is 1. The zero-order valence-electron chi connectivity index (χ0n) is 15.5. The Labute approximate surface area is 164 Å². The molecule has 3 N–H and O–H groups in total. The minimum Gasteiger partial charge on any atom is -0.348 e. The Morgan fingerprint density at radius 1 is 1.00 bits per heavy atom. The van der Waals surface area contributed by atoms with Crippen molar-refractivity contribution in [2.45, 2.75) is 37.9 Å². The first-order valence-electron chi connectivity index (χ1n) is 9.51. The van der Waals surface area contributed by atoms with E-state index in [4.69, 9.17) is 0 Å². The van der Waals surface area contributed by atoms with Gasteiger partial charge in [-0.05, 0) is 31.2 Å². The molecule has 0 spiro atoms. The van der Waals surface area contributed by atoms with Crippen molar-refractivity contribution < 1.29 is 10.1 Å². The highest BCUT2D eigenvalue weighted by Crippen LogP contribution is 2.25. The molecule has 1 fully saturated rings. The predicted octanol–water partition coefficient (Wildman–Crippen LogP) is 3.73. The zero-order chi connectivity index (χ0) is 18.6. The average Bonchev–Trinajstić information content (AvgIpc) is 3.33. The molecular weight excluding hydrogens is 352 g/mol. The topological polar surface area (TPSA) is 45.7 Å². The van der Waals surface area contributed by atoms with E-state index in [1.807, 2.05) is 30.3 Å². The van der Waals surface area contributed by atoms with Gasteiger partial charge < -0.3 is 10.6 Å². The third-order valence-corrected chi connectivity index (χ3v) is 5.99. The summed E-state index contributed by atoms with van der Waals surface area (Å²) in [6.07, 6.45) is 2.19. The van der Waals surface area contributed by atoms with Crippen molar-refractivity contribution in [1.82, 2.24) is 5.32 Å². The van der Waals surface area contributed by atoms with Gasteiger partial charge in [0.2, 0.25) is 0 Å². The van der Waals surface area contributed by atoms with E-state index >= 15 is 0 Å². The Morgan fingerprint density at radius 3 is 2.37 bits per heavy atom. The van der Waals surface area contributed by atoms with E-state index < -0.39 is 0 Å². The van der Waals surface area contributed by atoms with Crippen LogP contribution in [0.4, 0.5) is 0 Å². The SMILES string of the molecule is Cc1ccc([C@H]([NH2+][C@@H](C(=O)NC2CC2)c2ccccc2)c2cccs2)cc1. The lowest BCUT2D eigenvalue weighted by Gasteiger charge is -2.22. The normalized spacial score (nSPS) is 15.9. The standard InChI is InChI=1S/C23H24N2OS/c1-16-9-11-18(12-10-16)21(20-8-5-15-27-20)25-22(17-6-3-2-4-7-17)23(26)24-19-13-14-19/h2-12,15,19,21-22,25H,13-14H2,1H3,(H,24,26)/p+1/t21-,22+/m0/s1. The van der Waals surface area contributed by atoms with Gasteiger partial charge in [-0.15, -0.1) is 11.3 Å². The lowest BCUT2D eigenvalue weighted by molar-refractivity contribution is -0.713. The van der Waals surface area contributed by atoms with Crippen LogP contribution in [-0.4, -0.2) is 11.9 Å². The molecule has 0 bridgehead atoms. The minimum absolute atomic E-state index is 0.0979. The Bertz CT molecular complexity index is 871. The molecule has 1 amide bonds. The van der Waals surface area contributed by atoms with Gasteiger partial charge in [-0.2, -0.15) is 0 Å². The van der Waals surface area contributed by atoms with Gasteiger partial charge in [0, 0.05) is 17.2 Å². The van der Waals surface area contributed by atoms with E-state index in [0.717, 1.165) is 18.4 Å². The van der Waals surface area contributed by atoms with Crippen molar-refractivity contribution in [2.24, 2.45) is 0 Å². The minimum atomic E-state index is -0.264. The number of rotatable bonds is 7. The molecule has 27 heavy (non-hydrogen) atoms. The lowest BCUT2D eigenvalue weighted by atomic mass is 9.99. The number of benzene rings is 2. The smallest absolute Gasteiger partial charge is 0.283 e. The molecule has 2 atom stereocenters. The number of aryl methyl sites for hydroxylation is 1. The van der Waals surface area contributed by atoms with E-state index in [-0.39, 0.29) is 18.0 Å². The summed E-state index contributed by atoms with van der Waals surface area (Å²) in [5, 5.41) is 7.51. The first-order valence-corrected chi connectivity index (χ1v) is 10.4. The largest absolute Gasteiger partial charge is 0.348 e.